The van der Waals surface area contributed by atoms with Crippen molar-refractivity contribution in [2.75, 3.05) is 6.61 Å². The number of rotatable bonds is 2. The SMILES string of the molecule is CC1(C)CO/C(=C(\Cl)c2ccccc2[N+](=O)[O-])[N-]1. The zero-order valence-corrected chi connectivity index (χ0v) is 10.8. The summed E-state index contributed by atoms with van der Waals surface area (Å²) in [6.45, 7) is 4.23. The van der Waals surface area contributed by atoms with Gasteiger partial charge in [0.25, 0.3) is 5.69 Å². The molecule has 96 valence electrons. The largest absolute Gasteiger partial charge is 0.645 e. The molecule has 2 rings (SSSR count). The van der Waals surface area contributed by atoms with E-state index in [1.54, 1.807) is 18.2 Å². The molecular formula is C12H12ClN2O3-. The molecular weight excluding hydrogens is 256 g/mol. The topological polar surface area (TPSA) is 66.5 Å². The summed E-state index contributed by atoms with van der Waals surface area (Å²) in [6, 6.07) is 6.26. The molecule has 1 aromatic carbocycles. The van der Waals surface area contributed by atoms with Crippen LogP contribution < -0.4 is 0 Å². The van der Waals surface area contributed by atoms with Gasteiger partial charge in [-0.1, -0.05) is 43.1 Å². The Labute approximate surface area is 110 Å². The molecule has 1 aliphatic heterocycles. The average Bonchev–Trinajstić information content (AvgIpc) is 2.68. The van der Waals surface area contributed by atoms with Crippen LogP contribution in [0.25, 0.3) is 10.3 Å². The maximum atomic E-state index is 10.9. The summed E-state index contributed by atoms with van der Waals surface area (Å²) in [5, 5.41) is 15.4. The standard InChI is InChI=1S/C12H12ClN2O3/c1-12(2)7-18-11(14-12)10(13)8-5-3-4-6-9(8)15(16)17/h3-6H,7H2,1-2H3/q-1/b11-10-. The lowest BCUT2D eigenvalue weighted by Crippen LogP contribution is -2.16. The molecule has 0 bridgehead atoms. The van der Waals surface area contributed by atoms with E-state index >= 15 is 0 Å². The molecule has 0 amide bonds. The second-order valence-corrected chi connectivity index (χ2v) is 4.98. The Balaban J connectivity index is 2.44. The van der Waals surface area contributed by atoms with E-state index in [4.69, 9.17) is 16.3 Å². The van der Waals surface area contributed by atoms with Gasteiger partial charge in [-0.3, -0.25) is 10.1 Å². The number of halogens is 1. The van der Waals surface area contributed by atoms with Gasteiger partial charge in [0.05, 0.1) is 22.1 Å². The van der Waals surface area contributed by atoms with Crippen LogP contribution in [0, 0.1) is 10.1 Å². The van der Waals surface area contributed by atoms with Crippen molar-refractivity contribution in [3.05, 3.63) is 51.1 Å². The first kappa shape index (κ1) is 12.7. The third-order valence-corrected chi connectivity index (χ3v) is 2.86. The monoisotopic (exact) mass is 267 g/mol. The minimum absolute atomic E-state index is 0.0569. The van der Waals surface area contributed by atoms with Gasteiger partial charge in [0.1, 0.15) is 0 Å². The summed E-state index contributed by atoms with van der Waals surface area (Å²) in [4.78, 5) is 10.4. The van der Waals surface area contributed by atoms with Crippen molar-refractivity contribution in [2.45, 2.75) is 19.4 Å². The van der Waals surface area contributed by atoms with Crippen molar-refractivity contribution in [1.82, 2.24) is 0 Å². The van der Waals surface area contributed by atoms with Crippen LogP contribution in [0.2, 0.25) is 0 Å². The maximum Gasteiger partial charge on any atom is 0.278 e. The molecule has 0 N–H and O–H groups in total. The second-order valence-electron chi connectivity index (χ2n) is 4.61. The molecule has 1 aliphatic rings. The molecule has 6 heteroatoms. The van der Waals surface area contributed by atoms with Gasteiger partial charge in [0.15, 0.2) is 0 Å². The summed E-state index contributed by atoms with van der Waals surface area (Å²) in [6.07, 6.45) is 0. The third kappa shape index (κ3) is 2.41. The number of ether oxygens (including phenoxy) is 1. The van der Waals surface area contributed by atoms with Crippen LogP contribution in [0.1, 0.15) is 19.4 Å². The third-order valence-electron chi connectivity index (χ3n) is 2.49. The van der Waals surface area contributed by atoms with Crippen molar-refractivity contribution in [2.24, 2.45) is 0 Å². The van der Waals surface area contributed by atoms with E-state index in [1.807, 2.05) is 13.8 Å². The Morgan fingerprint density at radius 3 is 2.72 bits per heavy atom. The molecule has 0 spiro atoms. The summed E-state index contributed by atoms with van der Waals surface area (Å²) in [5.41, 5.74) is -0.0851. The fraction of sp³-hybridized carbons (Fsp3) is 0.333. The summed E-state index contributed by atoms with van der Waals surface area (Å²) in [5.74, 6) is 0.260. The summed E-state index contributed by atoms with van der Waals surface area (Å²) < 4.78 is 5.38. The van der Waals surface area contributed by atoms with Gasteiger partial charge in [-0.15, -0.1) is 0 Å². The predicted molar refractivity (Wildman–Crippen MR) is 69.3 cm³/mol. The first-order valence-corrected chi connectivity index (χ1v) is 5.78. The highest BCUT2D eigenvalue weighted by Gasteiger charge is 2.21. The van der Waals surface area contributed by atoms with Crippen molar-refractivity contribution in [1.29, 1.82) is 0 Å². The van der Waals surface area contributed by atoms with E-state index in [1.165, 1.54) is 6.07 Å². The van der Waals surface area contributed by atoms with Gasteiger partial charge in [0.2, 0.25) is 0 Å². The van der Waals surface area contributed by atoms with Crippen LogP contribution in [-0.4, -0.2) is 17.1 Å². The smallest absolute Gasteiger partial charge is 0.278 e. The minimum Gasteiger partial charge on any atom is -0.645 e. The number of nitro groups is 1. The van der Waals surface area contributed by atoms with Gasteiger partial charge < -0.3 is 10.1 Å². The van der Waals surface area contributed by atoms with Crippen LogP contribution in [0.3, 0.4) is 0 Å². The van der Waals surface area contributed by atoms with Gasteiger partial charge in [-0.05, 0) is 6.07 Å². The first-order chi connectivity index (χ1) is 8.41. The predicted octanol–water partition coefficient (Wildman–Crippen LogP) is 3.64. The molecule has 0 radical (unpaired) electrons. The molecule has 5 nitrogen and oxygen atoms in total. The van der Waals surface area contributed by atoms with Crippen molar-refractivity contribution in [3.8, 4) is 0 Å². The highest BCUT2D eigenvalue weighted by Crippen LogP contribution is 2.39. The molecule has 1 aromatic rings. The van der Waals surface area contributed by atoms with Crippen LogP contribution in [0.15, 0.2) is 30.1 Å². The van der Waals surface area contributed by atoms with Crippen LogP contribution in [0.5, 0.6) is 0 Å². The number of benzene rings is 1. The number of hydrogen-bond donors (Lipinski definition) is 0. The first-order valence-electron chi connectivity index (χ1n) is 5.40. The van der Waals surface area contributed by atoms with E-state index in [2.05, 4.69) is 5.32 Å². The van der Waals surface area contributed by atoms with Crippen LogP contribution >= 0.6 is 11.6 Å². The maximum absolute atomic E-state index is 10.9. The summed E-state index contributed by atoms with van der Waals surface area (Å²) >= 11 is 6.15. The quantitative estimate of drug-likeness (QED) is 0.607. The molecule has 1 fully saturated rings. The highest BCUT2D eigenvalue weighted by atomic mass is 35.5. The summed E-state index contributed by atoms with van der Waals surface area (Å²) in [7, 11) is 0. The van der Waals surface area contributed by atoms with Crippen LogP contribution in [-0.2, 0) is 4.74 Å². The highest BCUT2D eigenvalue weighted by molar-refractivity contribution is 6.49. The second kappa shape index (κ2) is 4.49. The van der Waals surface area contributed by atoms with Gasteiger partial charge >= 0.3 is 0 Å². The van der Waals surface area contributed by atoms with E-state index in [0.29, 0.717) is 12.2 Å². The fourth-order valence-electron chi connectivity index (χ4n) is 1.63. The average molecular weight is 268 g/mol. The van der Waals surface area contributed by atoms with E-state index in [-0.39, 0.29) is 22.1 Å². The molecule has 0 atom stereocenters. The number of nitrogens with zero attached hydrogens (tertiary/aromatic N) is 2. The van der Waals surface area contributed by atoms with Gasteiger partial charge in [-0.2, -0.15) is 0 Å². The normalized spacial score (nSPS) is 19.9. The minimum atomic E-state index is -0.474. The molecule has 1 saturated heterocycles. The zero-order chi connectivity index (χ0) is 13.3. The molecule has 0 aliphatic carbocycles. The molecule has 0 unspecified atom stereocenters. The zero-order valence-electron chi connectivity index (χ0n) is 10.0. The number of nitro benzene ring substituents is 1. The lowest BCUT2D eigenvalue weighted by Gasteiger charge is -2.29. The Kier molecular flexibility index (Phi) is 3.17. The van der Waals surface area contributed by atoms with E-state index < -0.39 is 4.92 Å². The van der Waals surface area contributed by atoms with Crippen molar-refractivity contribution >= 4 is 22.3 Å². The molecule has 18 heavy (non-hydrogen) atoms. The fourth-order valence-corrected chi connectivity index (χ4v) is 1.89. The molecule has 0 saturated carbocycles. The lowest BCUT2D eigenvalue weighted by atomic mass is 10.1. The Morgan fingerprint density at radius 2 is 2.17 bits per heavy atom. The van der Waals surface area contributed by atoms with Gasteiger partial charge in [-0.25, -0.2) is 0 Å². The van der Waals surface area contributed by atoms with Crippen molar-refractivity contribution in [3.63, 3.8) is 0 Å². The Bertz CT molecular complexity index is 526. The van der Waals surface area contributed by atoms with Crippen molar-refractivity contribution < 1.29 is 9.66 Å². The number of hydrogen-bond acceptors (Lipinski definition) is 3. The Morgan fingerprint density at radius 1 is 1.50 bits per heavy atom. The van der Waals surface area contributed by atoms with E-state index in [0.717, 1.165) is 0 Å². The van der Waals surface area contributed by atoms with E-state index in [9.17, 15) is 10.1 Å². The van der Waals surface area contributed by atoms with Gasteiger partial charge in [0, 0.05) is 11.9 Å². The molecule has 1 heterocycles. The van der Waals surface area contributed by atoms with Crippen LogP contribution in [0.4, 0.5) is 5.69 Å². The lowest BCUT2D eigenvalue weighted by molar-refractivity contribution is -0.385. The Hall–Kier alpha value is -1.75. The molecule has 0 aromatic heterocycles. The number of para-hydroxylation sites is 1.